The van der Waals surface area contributed by atoms with Crippen LogP contribution in [0.1, 0.15) is 33.4 Å². The highest BCUT2D eigenvalue weighted by atomic mass is 14.6. The Hall–Kier alpha value is -2.74. The number of nitrogen functional groups attached to an aromatic ring is 2. The summed E-state index contributed by atoms with van der Waals surface area (Å²) < 4.78 is 0. The van der Waals surface area contributed by atoms with Crippen LogP contribution in [0.15, 0.2) is 60.7 Å². The van der Waals surface area contributed by atoms with Crippen molar-refractivity contribution in [3.63, 3.8) is 0 Å². The van der Waals surface area contributed by atoms with Gasteiger partial charge in [-0.2, -0.15) is 0 Å². The van der Waals surface area contributed by atoms with Gasteiger partial charge in [0.2, 0.25) is 0 Å². The fourth-order valence-electron chi connectivity index (χ4n) is 3.04. The number of hydrogen-bond acceptors (Lipinski definition) is 2. The van der Waals surface area contributed by atoms with Gasteiger partial charge in [0.25, 0.3) is 0 Å². The molecule has 0 aliphatic rings. The van der Waals surface area contributed by atoms with Crippen LogP contribution in [0.5, 0.6) is 0 Å². The van der Waals surface area contributed by atoms with Crippen molar-refractivity contribution in [1.29, 1.82) is 0 Å². The van der Waals surface area contributed by atoms with Gasteiger partial charge < -0.3 is 11.5 Å². The van der Waals surface area contributed by atoms with Gasteiger partial charge in [-0.1, -0.05) is 48.5 Å². The summed E-state index contributed by atoms with van der Waals surface area (Å²) in [5.41, 5.74) is 21.1. The van der Waals surface area contributed by atoms with E-state index in [1.165, 1.54) is 22.3 Å². The maximum atomic E-state index is 5.93. The molecule has 0 aliphatic carbocycles. The van der Waals surface area contributed by atoms with Crippen molar-refractivity contribution >= 4 is 11.4 Å². The predicted molar refractivity (Wildman–Crippen MR) is 103 cm³/mol. The average molecular weight is 316 g/mol. The van der Waals surface area contributed by atoms with E-state index in [-0.39, 0.29) is 0 Å². The zero-order chi connectivity index (χ0) is 17.1. The molecule has 0 amide bonds. The van der Waals surface area contributed by atoms with Gasteiger partial charge in [0, 0.05) is 11.4 Å². The summed E-state index contributed by atoms with van der Waals surface area (Å²) in [4.78, 5) is 0. The number of nitrogens with two attached hydrogens (primary N) is 2. The molecule has 2 heteroatoms. The molecule has 24 heavy (non-hydrogen) atoms. The summed E-state index contributed by atoms with van der Waals surface area (Å²) in [6.45, 7) is 4.11. The molecule has 0 heterocycles. The minimum atomic E-state index is 0.851. The molecule has 0 bridgehead atoms. The largest absolute Gasteiger partial charge is 0.399 e. The summed E-state index contributed by atoms with van der Waals surface area (Å²) in [7, 11) is 0. The van der Waals surface area contributed by atoms with E-state index >= 15 is 0 Å². The highest BCUT2D eigenvalue weighted by Crippen LogP contribution is 2.22. The monoisotopic (exact) mass is 316 g/mol. The summed E-state index contributed by atoms with van der Waals surface area (Å²) in [5.74, 6) is 0. The minimum Gasteiger partial charge on any atom is -0.399 e. The Morgan fingerprint density at radius 3 is 1.42 bits per heavy atom. The molecule has 0 fully saturated rings. The number of rotatable bonds is 4. The third-order valence-electron chi connectivity index (χ3n) is 4.58. The summed E-state index contributed by atoms with van der Waals surface area (Å²) in [5, 5.41) is 0. The quantitative estimate of drug-likeness (QED) is 0.688. The molecule has 0 atom stereocenters. The standard InChI is InChI=1S/C22H24N2/c1-15-11-17(7-9-21(15)23)13-19-5-3-4-6-20(19)14-18-8-10-22(24)16(2)12-18/h3-12H,13-14,23-24H2,1-2H3. The molecule has 0 saturated carbocycles. The van der Waals surface area contributed by atoms with Crippen molar-refractivity contribution in [2.75, 3.05) is 11.5 Å². The van der Waals surface area contributed by atoms with Crippen LogP contribution in [0.4, 0.5) is 11.4 Å². The lowest BCUT2D eigenvalue weighted by Gasteiger charge is -2.12. The van der Waals surface area contributed by atoms with Gasteiger partial charge in [0.1, 0.15) is 0 Å². The fourth-order valence-corrected chi connectivity index (χ4v) is 3.04. The SMILES string of the molecule is Cc1cc(Cc2ccccc2Cc2ccc(N)c(C)c2)ccc1N. The van der Waals surface area contributed by atoms with Crippen LogP contribution in [0.25, 0.3) is 0 Å². The molecular weight excluding hydrogens is 292 g/mol. The van der Waals surface area contributed by atoms with Gasteiger partial charge in [-0.3, -0.25) is 0 Å². The molecule has 0 aliphatic heterocycles. The van der Waals surface area contributed by atoms with Gasteiger partial charge in [0.15, 0.2) is 0 Å². The third-order valence-corrected chi connectivity index (χ3v) is 4.58. The average Bonchev–Trinajstić information content (AvgIpc) is 2.56. The Labute approximate surface area is 144 Å². The summed E-state index contributed by atoms with van der Waals surface area (Å²) in [6.07, 6.45) is 1.84. The van der Waals surface area contributed by atoms with E-state index in [1.807, 2.05) is 12.1 Å². The molecule has 122 valence electrons. The Kier molecular flexibility index (Phi) is 4.57. The fraction of sp³-hybridized carbons (Fsp3) is 0.182. The molecule has 3 aromatic carbocycles. The van der Waals surface area contributed by atoms with E-state index in [9.17, 15) is 0 Å². The Morgan fingerprint density at radius 2 is 1.04 bits per heavy atom. The molecule has 0 spiro atoms. The molecule has 0 aromatic heterocycles. The van der Waals surface area contributed by atoms with E-state index < -0.39 is 0 Å². The van der Waals surface area contributed by atoms with Crippen LogP contribution in [-0.2, 0) is 12.8 Å². The molecule has 0 saturated heterocycles. The smallest absolute Gasteiger partial charge is 0.0343 e. The summed E-state index contributed by atoms with van der Waals surface area (Å²) in [6, 6.07) is 21.2. The maximum absolute atomic E-state index is 5.93. The van der Waals surface area contributed by atoms with Crippen LogP contribution >= 0.6 is 0 Å². The van der Waals surface area contributed by atoms with Crippen molar-refractivity contribution in [3.8, 4) is 0 Å². The maximum Gasteiger partial charge on any atom is 0.0343 e. The Bertz CT molecular complexity index is 793. The van der Waals surface area contributed by atoms with Crippen LogP contribution in [-0.4, -0.2) is 0 Å². The zero-order valence-electron chi connectivity index (χ0n) is 14.3. The first-order valence-electron chi connectivity index (χ1n) is 8.29. The van der Waals surface area contributed by atoms with Crippen LogP contribution in [0.2, 0.25) is 0 Å². The van der Waals surface area contributed by atoms with Crippen molar-refractivity contribution < 1.29 is 0 Å². The van der Waals surface area contributed by atoms with Crippen molar-refractivity contribution in [3.05, 3.63) is 94.0 Å². The Balaban J connectivity index is 1.87. The lowest BCUT2D eigenvalue weighted by atomic mass is 9.94. The molecule has 3 rings (SSSR count). The van der Waals surface area contributed by atoms with Crippen LogP contribution < -0.4 is 11.5 Å². The second kappa shape index (κ2) is 6.79. The normalized spacial score (nSPS) is 10.8. The molecule has 4 N–H and O–H groups in total. The van der Waals surface area contributed by atoms with E-state index in [4.69, 9.17) is 11.5 Å². The van der Waals surface area contributed by atoms with E-state index in [2.05, 4.69) is 62.4 Å². The summed E-state index contributed by atoms with van der Waals surface area (Å²) >= 11 is 0. The second-order valence-corrected chi connectivity index (χ2v) is 6.50. The lowest BCUT2D eigenvalue weighted by molar-refractivity contribution is 1.09. The van der Waals surface area contributed by atoms with Gasteiger partial charge in [-0.05, 0) is 72.2 Å². The second-order valence-electron chi connectivity index (χ2n) is 6.50. The molecule has 2 nitrogen and oxygen atoms in total. The van der Waals surface area contributed by atoms with E-state index in [0.29, 0.717) is 0 Å². The predicted octanol–water partition coefficient (Wildman–Crippen LogP) is 4.65. The van der Waals surface area contributed by atoms with Crippen molar-refractivity contribution in [2.45, 2.75) is 26.7 Å². The number of anilines is 2. The number of aryl methyl sites for hydroxylation is 2. The first-order chi connectivity index (χ1) is 11.5. The molecular formula is C22H24N2. The lowest BCUT2D eigenvalue weighted by Crippen LogP contribution is -1.99. The zero-order valence-corrected chi connectivity index (χ0v) is 14.3. The van der Waals surface area contributed by atoms with Crippen LogP contribution in [0, 0.1) is 13.8 Å². The van der Waals surface area contributed by atoms with Gasteiger partial charge in [-0.15, -0.1) is 0 Å². The third kappa shape index (κ3) is 3.60. The first-order valence-corrected chi connectivity index (χ1v) is 8.29. The van der Waals surface area contributed by atoms with Gasteiger partial charge in [-0.25, -0.2) is 0 Å². The molecule has 0 radical (unpaired) electrons. The number of hydrogen-bond donors (Lipinski definition) is 2. The molecule has 3 aromatic rings. The molecule has 0 unspecified atom stereocenters. The minimum absolute atomic E-state index is 0.851. The highest BCUT2D eigenvalue weighted by molar-refractivity contribution is 5.50. The first kappa shape index (κ1) is 16.1. The Morgan fingerprint density at radius 1 is 0.625 bits per heavy atom. The van der Waals surface area contributed by atoms with E-state index in [0.717, 1.165) is 35.3 Å². The van der Waals surface area contributed by atoms with E-state index in [1.54, 1.807) is 0 Å². The number of benzene rings is 3. The van der Waals surface area contributed by atoms with Crippen molar-refractivity contribution in [2.24, 2.45) is 0 Å². The van der Waals surface area contributed by atoms with Crippen LogP contribution in [0.3, 0.4) is 0 Å². The van der Waals surface area contributed by atoms with Crippen molar-refractivity contribution in [1.82, 2.24) is 0 Å². The van der Waals surface area contributed by atoms with Gasteiger partial charge in [0.05, 0.1) is 0 Å². The topological polar surface area (TPSA) is 52.0 Å². The van der Waals surface area contributed by atoms with Gasteiger partial charge >= 0.3 is 0 Å². The highest BCUT2D eigenvalue weighted by Gasteiger charge is 2.06.